The maximum absolute atomic E-state index is 12.8. The molecule has 146 valence electrons. The lowest BCUT2D eigenvalue weighted by molar-refractivity contribution is -0.115. The van der Waals surface area contributed by atoms with Gasteiger partial charge in [0.05, 0.1) is 17.8 Å². The number of carbonyl (C=O) groups is 1. The van der Waals surface area contributed by atoms with Crippen LogP contribution in [0.5, 0.6) is 0 Å². The van der Waals surface area contributed by atoms with Crippen LogP contribution in [0.25, 0.3) is 16.9 Å². The molecule has 0 saturated heterocycles. The van der Waals surface area contributed by atoms with Gasteiger partial charge in [-0.15, -0.1) is 0 Å². The molecule has 4 nitrogen and oxygen atoms in total. The predicted molar refractivity (Wildman–Crippen MR) is 121 cm³/mol. The minimum Gasteiger partial charge on any atom is -0.326 e. The Morgan fingerprint density at radius 2 is 1.86 bits per heavy atom. The first kappa shape index (κ1) is 19.4. The maximum Gasteiger partial charge on any atom is 0.230 e. The molecule has 0 bridgehead atoms. The summed E-state index contributed by atoms with van der Waals surface area (Å²) < 4.78 is 2.94. The molecule has 0 aliphatic heterocycles. The summed E-state index contributed by atoms with van der Waals surface area (Å²) in [5.74, 6) is -0.0736. The number of pyridine rings is 1. The Labute approximate surface area is 178 Å². The molecule has 0 unspecified atom stereocenters. The van der Waals surface area contributed by atoms with Crippen LogP contribution >= 0.6 is 15.9 Å². The number of nitrogens with one attached hydrogen (secondary N) is 1. The third-order valence-corrected chi connectivity index (χ3v) is 5.59. The highest BCUT2D eigenvalue weighted by Crippen LogP contribution is 2.27. The Morgan fingerprint density at radius 1 is 1.03 bits per heavy atom. The number of amides is 1. The standard InChI is InChI=1S/C24H22BrN3O/c1-15-9-10-28-21(14-23(29)26-20-6-4-5-19(25)13-20)24(27-22(28)11-15)18-8-7-16(2)17(3)12-18/h4-13H,14H2,1-3H3,(H,26,29). The van der Waals surface area contributed by atoms with Crippen LogP contribution in [0.15, 0.2) is 65.3 Å². The molecule has 0 spiro atoms. The van der Waals surface area contributed by atoms with Crippen LogP contribution in [-0.4, -0.2) is 15.3 Å². The van der Waals surface area contributed by atoms with E-state index in [2.05, 4.69) is 53.3 Å². The van der Waals surface area contributed by atoms with Crippen molar-refractivity contribution >= 4 is 33.2 Å². The maximum atomic E-state index is 12.8. The van der Waals surface area contributed by atoms with Gasteiger partial charge in [-0.25, -0.2) is 4.98 Å². The van der Waals surface area contributed by atoms with Gasteiger partial charge in [0, 0.05) is 21.9 Å². The molecule has 4 rings (SSSR count). The Bertz CT molecular complexity index is 1230. The van der Waals surface area contributed by atoms with Gasteiger partial charge in [0.25, 0.3) is 0 Å². The molecule has 4 aromatic rings. The zero-order chi connectivity index (χ0) is 20.5. The minimum atomic E-state index is -0.0736. The number of aryl methyl sites for hydroxylation is 3. The summed E-state index contributed by atoms with van der Waals surface area (Å²) in [5.41, 5.74) is 7.96. The van der Waals surface area contributed by atoms with Crippen LogP contribution in [0.2, 0.25) is 0 Å². The number of aromatic nitrogens is 2. The molecule has 1 amide bonds. The van der Waals surface area contributed by atoms with Crippen molar-refractivity contribution in [1.82, 2.24) is 9.38 Å². The van der Waals surface area contributed by atoms with Gasteiger partial charge in [0.2, 0.25) is 5.91 Å². The summed E-state index contributed by atoms with van der Waals surface area (Å²) in [7, 11) is 0. The first-order valence-electron chi connectivity index (χ1n) is 9.51. The second kappa shape index (κ2) is 7.84. The van der Waals surface area contributed by atoms with Gasteiger partial charge in [-0.05, 0) is 73.9 Å². The third kappa shape index (κ3) is 4.10. The molecule has 0 aliphatic carbocycles. The Morgan fingerprint density at radius 3 is 2.62 bits per heavy atom. The van der Waals surface area contributed by atoms with E-state index in [9.17, 15) is 4.79 Å². The zero-order valence-corrected chi connectivity index (χ0v) is 18.2. The number of benzene rings is 2. The van der Waals surface area contributed by atoms with Crippen molar-refractivity contribution in [3.63, 3.8) is 0 Å². The first-order chi connectivity index (χ1) is 13.9. The SMILES string of the molecule is Cc1ccn2c(CC(=O)Nc3cccc(Br)c3)c(-c3ccc(C)c(C)c3)nc2c1. The Kier molecular flexibility index (Phi) is 5.24. The predicted octanol–water partition coefficient (Wildman–Crippen LogP) is 5.87. The summed E-state index contributed by atoms with van der Waals surface area (Å²) in [6.45, 7) is 6.24. The van der Waals surface area contributed by atoms with Crippen LogP contribution in [0.1, 0.15) is 22.4 Å². The van der Waals surface area contributed by atoms with Crippen molar-refractivity contribution in [1.29, 1.82) is 0 Å². The van der Waals surface area contributed by atoms with Crippen molar-refractivity contribution in [2.24, 2.45) is 0 Å². The van der Waals surface area contributed by atoms with E-state index in [1.54, 1.807) is 0 Å². The second-order valence-corrected chi connectivity index (χ2v) is 8.29. The monoisotopic (exact) mass is 447 g/mol. The molecule has 29 heavy (non-hydrogen) atoms. The lowest BCUT2D eigenvalue weighted by Gasteiger charge is -2.09. The molecular weight excluding hydrogens is 426 g/mol. The number of nitrogens with zero attached hydrogens (tertiary/aromatic N) is 2. The molecule has 0 saturated carbocycles. The van der Waals surface area contributed by atoms with Gasteiger partial charge < -0.3 is 9.72 Å². The van der Waals surface area contributed by atoms with Gasteiger partial charge in [0.1, 0.15) is 5.65 Å². The normalized spacial score (nSPS) is 11.0. The highest BCUT2D eigenvalue weighted by molar-refractivity contribution is 9.10. The number of carbonyl (C=O) groups excluding carboxylic acids is 1. The molecule has 2 heterocycles. The smallest absolute Gasteiger partial charge is 0.230 e. The van der Waals surface area contributed by atoms with Gasteiger partial charge in [-0.2, -0.15) is 0 Å². The fourth-order valence-corrected chi connectivity index (χ4v) is 3.81. The average Bonchev–Trinajstić information content (AvgIpc) is 3.01. The highest BCUT2D eigenvalue weighted by Gasteiger charge is 2.18. The molecule has 0 fully saturated rings. The average molecular weight is 448 g/mol. The summed E-state index contributed by atoms with van der Waals surface area (Å²) in [4.78, 5) is 17.7. The van der Waals surface area contributed by atoms with E-state index in [4.69, 9.17) is 4.98 Å². The summed E-state index contributed by atoms with van der Waals surface area (Å²) in [6.07, 6.45) is 2.23. The van der Waals surface area contributed by atoms with Crippen molar-refractivity contribution in [2.45, 2.75) is 27.2 Å². The number of anilines is 1. The van der Waals surface area contributed by atoms with Crippen molar-refractivity contribution < 1.29 is 4.79 Å². The van der Waals surface area contributed by atoms with Crippen LogP contribution in [0.4, 0.5) is 5.69 Å². The summed E-state index contributed by atoms with van der Waals surface area (Å²) in [5, 5.41) is 2.99. The lowest BCUT2D eigenvalue weighted by atomic mass is 10.0. The van der Waals surface area contributed by atoms with E-state index in [1.165, 1.54) is 11.1 Å². The summed E-state index contributed by atoms with van der Waals surface area (Å²) in [6, 6.07) is 18.0. The van der Waals surface area contributed by atoms with E-state index < -0.39 is 0 Å². The van der Waals surface area contributed by atoms with Gasteiger partial charge in [-0.1, -0.05) is 34.1 Å². The largest absolute Gasteiger partial charge is 0.326 e. The molecule has 0 radical (unpaired) electrons. The number of hydrogen-bond donors (Lipinski definition) is 1. The number of rotatable bonds is 4. The van der Waals surface area contributed by atoms with Gasteiger partial charge >= 0.3 is 0 Å². The van der Waals surface area contributed by atoms with Crippen molar-refractivity contribution in [2.75, 3.05) is 5.32 Å². The topological polar surface area (TPSA) is 46.4 Å². The van der Waals surface area contributed by atoms with E-state index in [1.807, 2.05) is 53.9 Å². The third-order valence-electron chi connectivity index (χ3n) is 5.10. The number of hydrogen-bond acceptors (Lipinski definition) is 2. The number of fused-ring (bicyclic) bond motifs is 1. The van der Waals surface area contributed by atoms with E-state index >= 15 is 0 Å². The highest BCUT2D eigenvalue weighted by atomic mass is 79.9. The second-order valence-electron chi connectivity index (χ2n) is 7.37. The van der Waals surface area contributed by atoms with Crippen molar-refractivity contribution in [3.8, 4) is 11.3 Å². The molecule has 2 aromatic heterocycles. The fourth-order valence-electron chi connectivity index (χ4n) is 3.41. The molecule has 0 atom stereocenters. The van der Waals surface area contributed by atoms with Crippen LogP contribution < -0.4 is 5.32 Å². The lowest BCUT2D eigenvalue weighted by Crippen LogP contribution is -2.16. The molecular formula is C24H22BrN3O. The van der Waals surface area contributed by atoms with Gasteiger partial charge in [-0.3, -0.25) is 4.79 Å². The fraction of sp³-hybridized carbons (Fsp3) is 0.167. The van der Waals surface area contributed by atoms with E-state index in [-0.39, 0.29) is 12.3 Å². The summed E-state index contributed by atoms with van der Waals surface area (Å²) >= 11 is 3.44. The van der Waals surface area contributed by atoms with Crippen LogP contribution in [0.3, 0.4) is 0 Å². The number of imidazole rings is 1. The quantitative estimate of drug-likeness (QED) is 0.425. The van der Waals surface area contributed by atoms with Gasteiger partial charge in [0.15, 0.2) is 0 Å². The molecule has 2 aromatic carbocycles. The Hall–Kier alpha value is -2.92. The molecule has 1 N–H and O–H groups in total. The molecule has 0 aliphatic rings. The molecule has 5 heteroatoms. The number of halogens is 1. The minimum absolute atomic E-state index is 0.0736. The van der Waals surface area contributed by atoms with Crippen LogP contribution in [-0.2, 0) is 11.2 Å². The zero-order valence-electron chi connectivity index (χ0n) is 16.7. The van der Waals surface area contributed by atoms with Crippen molar-refractivity contribution in [3.05, 3.63) is 87.7 Å². The first-order valence-corrected chi connectivity index (χ1v) is 10.3. The van der Waals surface area contributed by atoms with E-state index in [0.29, 0.717) is 0 Å². The van der Waals surface area contributed by atoms with E-state index in [0.717, 1.165) is 38.3 Å². The Balaban J connectivity index is 1.75. The van der Waals surface area contributed by atoms with Crippen LogP contribution in [0, 0.1) is 20.8 Å².